The van der Waals surface area contributed by atoms with E-state index < -0.39 is 5.97 Å². The van der Waals surface area contributed by atoms with Gasteiger partial charge >= 0.3 is 5.97 Å². The molecule has 7 heteroatoms. The number of halogens is 2. The van der Waals surface area contributed by atoms with Gasteiger partial charge in [0.2, 0.25) is 5.91 Å². The summed E-state index contributed by atoms with van der Waals surface area (Å²) in [7, 11) is 0. The molecule has 0 fully saturated rings. The summed E-state index contributed by atoms with van der Waals surface area (Å²) in [5.41, 5.74) is 2.99. The molecule has 0 aromatic heterocycles. The van der Waals surface area contributed by atoms with Crippen molar-refractivity contribution >= 4 is 40.8 Å². The van der Waals surface area contributed by atoms with Crippen molar-refractivity contribution in [2.45, 2.75) is 26.9 Å². The molecule has 0 saturated heterocycles. The summed E-state index contributed by atoms with van der Waals surface area (Å²) in [6.07, 6.45) is -0.169. The summed E-state index contributed by atoms with van der Waals surface area (Å²) in [6, 6.07) is 8.62. The highest BCUT2D eigenvalue weighted by Crippen LogP contribution is 2.35. The number of benzene rings is 2. The lowest BCUT2D eigenvalue weighted by atomic mass is 10.1. The standard InChI is InChI=1S/C18H17Cl2NO4/c1-10-3-13(5-14(4-10)21-11(2)22)9-25-18-15(19)6-12(7-16(18)20)8-17(23)24/h3-7H,8-9H2,1-2H3,(H,21,22)(H,23,24). The van der Waals surface area contributed by atoms with Crippen molar-refractivity contribution in [3.63, 3.8) is 0 Å². The Kier molecular flexibility index (Phi) is 6.28. The number of ether oxygens (including phenoxy) is 1. The Hall–Kier alpha value is -2.24. The molecule has 0 saturated carbocycles. The maximum Gasteiger partial charge on any atom is 0.307 e. The highest BCUT2D eigenvalue weighted by atomic mass is 35.5. The molecule has 0 spiro atoms. The molecule has 0 heterocycles. The van der Waals surface area contributed by atoms with Crippen LogP contribution < -0.4 is 10.1 Å². The number of hydrogen-bond donors (Lipinski definition) is 2. The van der Waals surface area contributed by atoms with Crippen molar-refractivity contribution in [1.29, 1.82) is 0 Å². The molecule has 0 aliphatic carbocycles. The third-order valence-electron chi connectivity index (χ3n) is 3.25. The summed E-state index contributed by atoms with van der Waals surface area (Å²) >= 11 is 12.3. The lowest BCUT2D eigenvalue weighted by Crippen LogP contribution is -2.07. The van der Waals surface area contributed by atoms with Gasteiger partial charge in [-0.1, -0.05) is 29.3 Å². The van der Waals surface area contributed by atoms with Crippen LogP contribution in [-0.2, 0) is 22.6 Å². The molecule has 0 aliphatic rings. The first-order valence-electron chi connectivity index (χ1n) is 7.45. The van der Waals surface area contributed by atoms with Gasteiger partial charge in [0.15, 0.2) is 5.75 Å². The number of rotatable bonds is 6. The average Bonchev–Trinajstić information content (AvgIpc) is 2.44. The smallest absolute Gasteiger partial charge is 0.307 e. The van der Waals surface area contributed by atoms with Crippen molar-refractivity contribution in [3.05, 3.63) is 57.1 Å². The van der Waals surface area contributed by atoms with Gasteiger partial charge in [-0.15, -0.1) is 0 Å². The second-order valence-corrected chi connectivity index (χ2v) is 6.45. The highest BCUT2D eigenvalue weighted by Gasteiger charge is 2.12. The number of nitrogens with one attached hydrogen (secondary N) is 1. The van der Waals surface area contributed by atoms with Crippen LogP contribution in [0.15, 0.2) is 30.3 Å². The monoisotopic (exact) mass is 381 g/mol. The fourth-order valence-electron chi connectivity index (χ4n) is 2.40. The van der Waals surface area contributed by atoms with Crippen LogP contribution in [0.4, 0.5) is 5.69 Å². The van der Waals surface area contributed by atoms with Crippen molar-refractivity contribution in [3.8, 4) is 5.75 Å². The number of carboxylic acid groups (broad SMARTS) is 1. The second-order valence-electron chi connectivity index (χ2n) is 5.64. The Morgan fingerprint density at radius 3 is 2.28 bits per heavy atom. The number of aliphatic carboxylic acids is 1. The first kappa shape index (κ1) is 19.1. The van der Waals surface area contributed by atoms with E-state index in [2.05, 4.69) is 5.32 Å². The van der Waals surface area contributed by atoms with Gasteiger partial charge in [-0.3, -0.25) is 9.59 Å². The highest BCUT2D eigenvalue weighted by molar-refractivity contribution is 6.37. The SMILES string of the molecule is CC(=O)Nc1cc(C)cc(COc2c(Cl)cc(CC(=O)O)cc2Cl)c1. The zero-order valence-electron chi connectivity index (χ0n) is 13.7. The first-order chi connectivity index (χ1) is 11.7. The molecule has 5 nitrogen and oxygen atoms in total. The van der Waals surface area contributed by atoms with Crippen molar-refractivity contribution in [1.82, 2.24) is 0 Å². The van der Waals surface area contributed by atoms with Gasteiger partial charge in [0, 0.05) is 12.6 Å². The van der Waals surface area contributed by atoms with Gasteiger partial charge in [-0.25, -0.2) is 0 Å². The van der Waals surface area contributed by atoms with Crippen LogP contribution in [0.25, 0.3) is 0 Å². The summed E-state index contributed by atoms with van der Waals surface area (Å²) in [5, 5.41) is 12.1. The van der Waals surface area contributed by atoms with Gasteiger partial charge in [0.1, 0.15) is 6.61 Å². The van der Waals surface area contributed by atoms with E-state index >= 15 is 0 Å². The molecule has 2 N–H and O–H groups in total. The molecule has 0 unspecified atom stereocenters. The molecule has 25 heavy (non-hydrogen) atoms. The predicted octanol–water partition coefficient (Wildman–Crippen LogP) is 4.47. The first-order valence-corrected chi connectivity index (χ1v) is 8.21. The van der Waals surface area contributed by atoms with Crippen LogP contribution in [0.2, 0.25) is 10.0 Å². The van der Waals surface area contributed by atoms with Crippen LogP contribution in [0.5, 0.6) is 5.75 Å². The van der Waals surface area contributed by atoms with Gasteiger partial charge < -0.3 is 15.2 Å². The number of anilines is 1. The van der Waals surface area contributed by atoms with Crippen LogP contribution in [0.3, 0.4) is 0 Å². The topological polar surface area (TPSA) is 75.6 Å². The zero-order valence-corrected chi connectivity index (χ0v) is 15.2. The van der Waals surface area contributed by atoms with E-state index in [0.717, 1.165) is 11.1 Å². The fourth-order valence-corrected chi connectivity index (χ4v) is 3.05. The lowest BCUT2D eigenvalue weighted by molar-refractivity contribution is -0.136. The molecule has 132 valence electrons. The fraction of sp³-hybridized carbons (Fsp3) is 0.222. The molecule has 0 aliphatic heterocycles. The average molecular weight is 382 g/mol. The Balaban J connectivity index is 2.17. The Bertz CT molecular complexity index is 798. The summed E-state index contributed by atoms with van der Waals surface area (Å²) < 4.78 is 5.70. The molecule has 2 rings (SSSR count). The lowest BCUT2D eigenvalue weighted by Gasteiger charge is -2.13. The minimum absolute atomic E-state index is 0.155. The van der Waals surface area contributed by atoms with E-state index in [1.165, 1.54) is 19.1 Å². The number of carbonyl (C=O) groups is 2. The molecule has 0 atom stereocenters. The number of hydrogen-bond acceptors (Lipinski definition) is 3. The van der Waals surface area contributed by atoms with Crippen molar-refractivity contribution in [2.24, 2.45) is 0 Å². The molecule has 0 radical (unpaired) electrons. The summed E-state index contributed by atoms with van der Waals surface area (Å²) in [5.74, 6) is -0.830. The van der Waals surface area contributed by atoms with Crippen LogP contribution in [-0.4, -0.2) is 17.0 Å². The minimum Gasteiger partial charge on any atom is -0.486 e. The maximum atomic E-state index is 11.2. The Labute approximate surface area is 155 Å². The van der Waals surface area contributed by atoms with Gasteiger partial charge in [-0.2, -0.15) is 0 Å². The normalized spacial score (nSPS) is 10.4. The zero-order chi connectivity index (χ0) is 18.6. The van der Waals surface area contributed by atoms with E-state index in [4.69, 9.17) is 33.0 Å². The molecule has 0 bridgehead atoms. The van der Waals surface area contributed by atoms with Gasteiger partial charge in [0.25, 0.3) is 0 Å². The molecular weight excluding hydrogens is 365 g/mol. The molecule has 2 aromatic rings. The van der Waals surface area contributed by atoms with Crippen LogP contribution in [0, 0.1) is 6.92 Å². The quantitative estimate of drug-likeness (QED) is 0.773. The van der Waals surface area contributed by atoms with Crippen molar-refractivity contribution in [2.75, 3.05) is 5.32 Å². The molecule has 1 amide bonds. The van der Waals surface area contributed by atoms with E-state index in [0.29, 0.717) is 17.0 Å². The molecule has 2 aromatic carbocycles. The predicted molar refractivity (Wildman–Crippen MR) is 97.6 cm³/mol. The molecular formula is C18H17Cl2NO4. The Morgan fingerprint density at radius 1 is 1.08 bits per heavy atom. The van der Waals surface area contributed by atoms with Crippen LogP contribution >= 0.6 is 23.2 Å². The van der Waals surface area contributed by atoms with Crippen molar-refractivity contribution < 1.29 is 19.4 Å². The minimum atomic E-state index is -0.967. The summed E-state index contributed by atoms with van der Waals surface area (Å²) in [6.45, 7) is 3.55. The largest absolute Gasteiger partial charge is 0.486 e. The van der Waals surface area contributed by atoms with E-state index in [-0.39, 0.29) is 29.0 Å². The third kappa shape index (κ3) is 5.66. The second kappa shape index (κ2) is 8.23. The third-order valence-corrected chi connectivity index (χ3v) is 3.82. The number of carboxylic acids is 1. The van der Waals surface area contributed by atoms with Gasteiger partial charge in [-0.05, 0) is 47.9 Å². The Morgan fingerprint density at radius 2 is 1.72 bits per heavy atom. The van der Waals surface area contributed by atoms with E-state index in [9.17, 15) is 9.59 Å². The van der Waals surface area contributed by atoms with E-state index in [1.807, 2.05) is 19.1 Å². The number of carbonyl (C=O) groups excluding carboxylic acids is 1. The van der Waals surface area contributed by atoms with Gasteiger partial charge in [0.05, 0.1) is 16.5 Å². The number of aryl methyl sites for hydroxylation is 1. The maximum absolute atomic E-state index is 11.2. The summed E-state index contributed by atoms with van der Waals surface area (Å²) in [4.78, 5) is 22.0. The van der Waals surface area contributed by atoms with E-state index in [1.54, 1.807) is 6.07 Å². The van der Waals surface area contributed by atoms with Crippen LogP contribution in [0.1, 0.15) is 23.6 Å². The number of amides is 1.